The van der Waals surface area contributed by atoms with Crippen LogP contribution in [0.5, 0.6) is 0 Å². The molecule has 0 fully saturated rings. The standard InChI is InChI=1S/C6H10O4.2CH4/c1-4(7)6(9-3)10-5(2)8;;/h6H,1-3H3;2*1H4. The number of ether oxygens (including phenoxy) is 2. The van der Waals surface area contributed by atoms with E-state index < -0.39 is 12.3 Å². The van der Waals surface area contributed by atoms with Crippen LogP contribution in [0.4, 0.5) is 0 Å². The predicted octanol–water partition coefficient (Wildman–Crippen LogP) is 1.38. The zero-order valence-corrected chi connectivity index (χ0v) is 6.21. The number of methoxy groups -OCH3 is 1. The van der Waals surface area contributed by atoms with E-state index in [-0.39, 0.29) is 20.6 Å². The topological polar surface area (TPSA) is 52.6 Å². The van der Waals surface area contributed by atoms with Crippen LogP contribution in [0.15, 0.2) is 0 Å². The number of carbonyl (C=O) groups is 2. The van der Waals surface area contributed by atoms with Crippen LogP contribution in [0, 0.1) is 0 Å². The van der Waals surface area contributed by atoms with E-state index in [1.807, 2.05) is 0 Å². The second-order valence-electron chi connectivity index (χ2n) is 1.79. The smallest absolute Gasteiger partial charge is 0.305 e. The van der Waals surface area contributed by atoms with E-state index in [1.165, 1.54) is 21.0 Å². The first-order valence-corrected chi connectivity index (χ1v) is 2.78. The summed E-state index contributed by atoms with van der Waals surface area (Å²) in [5, 5.41) is 0. The van der Waals surface area contributed by atoms with Crippen molar-refractivity contribution in [2.45, 2.75) is 35.0 Å². The highest BCUT2D eigenvalue weighted by atomic mass is 16.7. The molecule has 0 aromatic rings. The van der Waals surface area contributed by atoms with E-state index >= 15 is 0 Å². The molecule has 0 saturated carbocycles. The van der Waals surface area contributed by atoms with Gasteiger partial charge in [-0.15, -0.1) is 0 Å². The number of hydrogen-bond donors (Lipinski definition) is 0. The van der Waals surface area contributed by atoms with Crippen LogP contribution in [0.3, 0.4) is 0 Å². The van der Waals surface area contributed by atoms with Gasteiger partial charge in [0.05, 0.1) is 0 Å². The van der Waals surface area contributed by atoms with Gasteiger partial charge in [0, 0.05) is 21.0 Å². The highest BCUT2D eigenvalue weighted by Gasteiger charge is 2.14. The number of rotatable bonds is 3. The van der Waals surface area contributed by atoms with Gasteiger partial charge in [-0.25, -0.2) is 0 Å². The van der Waals surface area contributed by atoms with Gasteiger partial charge < -0.3 is 9.47 Å². The average Bonchev–Trinajstić information content (AvgIpc) is 1.81. The van der Waals surface area contributed by atoms with Crippen molar-refractivity contribution in [2.24, 2.45) is 0 Å². The molecule has 0 radical (unpaired) electrons. The number of esters is 1. The summed E-state index contributed by atoms with van der Waals surface area (Å²) in [5.74, 6) is -0.847. The van der Waals surface area contributed by atoms with Gasteiger partial charge >= 0.3 is 5.97 Å². The van der Waals surface area contributed by atoms with Crippen LogP contribution < -0.4 is 0 Å². The number of hydrogen-bond acceptors (Lipinski definition) is 4. The summed E-state index contributed by atoms with van der Waals surface area (Å²) in [4.78, 5) is 20.8. The molecule has 12 heavy (non-hydrogen) atoms. The van der Waals surface area contributed by atoms with Crippen molar-refractivity contribution in [3.8, 4) is 0 Å². The first-order valence-electron chi connectivity index (χ1n) is 2.78. The fourth-order valence-corrected chi connectivity index (χ4v) is 0.448. The van der Waals surface area contributed by atoms with Crippen molar-refractivity contribution >= 4 is 11.8 Å². The van der Waals surface area contributed by atoms with E-state index in [0.717, 1.165) is 0 Å². The van der Waals surface area contributed by atoms with Crippen molar-refractivity contribution in [2.75, 3.05) is 7.11 Å². The largest absolute Gasteiger partial charge is 0.428 e. The molecule has 0 saturated heterocycles. The summed E-state index contributed by atoms with van der Waals surface area (Å²) in [6, 6.07) is 0. The molecule has 1 atom stereocenters. The Morgan fingerprint density at radius 2 is 1.58 bits per heavy atom. The summed E-state index contributed by atoms with van der Waals surface area (Å²) >= 11 is 0. The minimum absolute atomic E-state index is 0. The molecular weight excluding hydrogens is 160 g/mol. The molecule has 4 nitrogen and oxygen atoms in total. The zero-order valence-electron chi connectivity index (χ0n) is 6.21. The van der Waals surface area contributed by atoms with Crippen LogP contribution in [0.1, 0.15) is 28.7 Å². The summed E-state index contributed by atoms with van der Waals surface area (Å²) in [6.45, 7) is 2.51. The average molecular weight is 178 g/mol. The third-order valence-corrected chi connectivity index (χ3v) is 0.819. The van der Waals surface area contributed by atoms with E-state index in [4.69, 9.17) is 0 Å². The van der Waals surface area contributed by atoms with E-state index in [9.17, 15) is 9.59 Å². The maximum absolute atomic E-state index is 10.5. The fourth-order valence-electron chi connectivity index (χ4n) is 0.448. The minimum atomic E-state index is -1.04. The van der Waals surface area contributed by atoms with E-state index in [2.05, 4.69) is 9.47 Å². The highest BCUT2D eigenvalue weighted by Crippen LogP contribution is 1.94. The summed E-state index contributed by atoms with van der Waals surface area (Å²) < 4.78 is 8.98. The Hall–Kier alpha value is -0.900. The fraction of sp³-hybridized carbons (Fsp3) is 0.750. The van der Waals surface area contributed by atoms with Gasteiger partial charge in [-0.1, -0.05) is 14.9 Å². The summed E-state index contributed by atoms with van der Waals surface area (Å²) in [7, 11) is 1.30. The molecule has 0 aliphatic carbocycles. The SMILES string of the molecule is C.C.COC(OC(C)=O)C(C)=O. The van der Waals surface area contributed by atoms with E-state index in [0.29, 0.717) is 0 Å². The lowest BCUT2D eigenvalue weighted by atomic mass is 10.4. The van der Waals surface area contributed by atoms with Crippen molar-refractivity contribution in [1.82, 2.24) is 0 Å². The van der Waals surface area contributed by atoms with Gasteiger partial charge in [0.1, 0.15) is 0 Å². The lowest BCUT2D eigenvalue weighted by Crippen LogP contribution is -2.25. The van der Waals surface area contributed by atoms with Crippen LogP contribution >= 0.6 is 0 Å². The van der Waals surface area contributed by atoms with Crippen LogP contribution in [0.2, 0.25) is 0 Å². The molecule has 0 spiro atoms. The molecular formula is C8H18O4. The molecule has 74 valence electrons. The highest BCUT2D eigenvalue weighted by molar-refractivity contribution is 5.81. The lowest BCUT2D eigenvalue weighted by molar-refractivity contribution is -0.177. The van der Waals surface area contributed by atoms with E-state index in [1.54, 1.807) is 0 Å². The Morgan fingerprint density at radius 3 is 1.67 bits per heavy atom. The molecule has 0 bridgehead atoms. The molecule has 0 aromatic carbocycles. The minimum Gasteiger partial charge on any atom is -0.428 e. The number of carbonyl (C=O) groups excluding carboxylic acids is 2. The normalized spacial score (nSPS) is 10.2. The third-order valence-electron chi connectivity index (χ3n) is 0.819. The van der Waals surface area contributed by atoms with Gasteiger partial charge in [0.15, 0.2) is 5.78 Å². The molecule has 0 aromatic heterocycles. The van der Waals surface area contributed by atoms with Gasteiger partial charge in [0.25, 0.3) is 6.29 Å². The van der Waals surface area contributed by atoms with Crippen molar-refractivity contribution in [1.29, 1.82) is 0 Å². The first kappa shape index (κ1) is 17.3. The first-order chi connectivity index (χ1) is 4.57. The van der Waals surface area contributed by atoms with Gasteiger partial charge in [0.2, 0.25) is 0 Å². The Labute approximate surface area is 73.9 Å². The molecule has 0 aliphatic rings. The maximum atomic E-state index is 10.5. The van der Waals surface area contributed by atoms with Gasteiger partial charge in [-0.2, -0.15) is 0 Å². The number of ketones is 1. The summed E-state index contributed by atoms with van der Waals surface area (Å²) in [6.07, 6.45) is -1.04. The van der Waals surface area contributed by atoms with Gasteiger partial charge in [-0.05, 0) is 0 Å². The maximum Gasteiger partial charge on any atom is 0.305 e. The zero-order chi connectivity index (χ0) is 8.15. The molecule has 1 unspecified atom stereocenters. The monoisotopic (exact) mass is 178 g/mol. The molecule has 0 N–H and O–H groups in total. The van der Waals surface area contributed by atoms with Crippen LogP contribution in [0.25, 0.3) is 0 Å². The number of Topliss-reactive ketones (excluding diaryl/α,β-unsaturated/α-hetero) is 1. The second kappa shape index (κ2) is 8.20. The quantitative estimate of drug-likeness (QED) is 0.484. The van der Waals surface area contributed by atoms with Crippen LogP contribution in [-0.4, -0.2) is 25.2 Å². The molecule has 4 heteroatoms. The second-order valence-corrected chi connectivity index (χ2v) is 1.79. The van der Waals surface area contributed by atoms with Crippen molar-refractivity contribution in [3.05, 3.63) is 0 Å². The van der Waals surface area contributed by atoms with Crippen molar-refractivity contribution in [3.63, 3.8) is 0 Å². The third kappa shape index (κ3) is 7.21. The molecule has 0 aliphatic heterocycles. The Bertz CT molecular complexity index is 142. The molecule has 0 rings (SSSR count). The Balaban J connectivity index is -0.000000405. The summed E-state index contributed by atoms with van der Waals surface area (Å²) in [5.41, 5.74) is 0. The van der Waals surface area contributed by atoms with Crippen molar-refractivity contribution < 1.29 is 19.1 Å². The predicted molar refractivity (Wildman–Crippen MR) is 46.7 cm³/mol. The lowest BCUT2D eigenvalue weighted by Gasteiger charge is -2.10. The Kier molecular flexibility index (Phi) is 11.8. The molecule has 0 amide bonds. The van der Waals surface area contributed by atoms with Crippen LogP contribution in [-0.2, 0) is 19.1 Å². The molecule has 0 heterocycles. The van der Waals surface area contributed by atoms with Gasteiger partial charge in [-0.3, -0.25) is 9.59 Å². The Morgan fingerprint density at radius 1 is 1.17 bits per heavy atom.